The van der Waals surface area contributed by atoms with Gasteiger partial charge in [-0.25, -0.2) is 0 Å². The molecule has 1 N–H and O–H groups in total. The van der Waals surface area contributed by atoms with Gasteiger partial charge in [0.25, 0.3) is 0 Å². The fourth-order valence-corrected chi connectivity index (χ4v) is 3.06. The highest BCUT2D eigenvalue weighted by molar-refractivity contribution is 7.99. The van der Waals surface area contributed by atoms with Crippen molar-refractivity contribution in [2.24, 2.45) is 5.92 Å². The summed E-state index contributed by atoms with van der Waals surface area (Å²) in [5.74, 6) is -0.121. The van der Waals surface area contributed by atoms with E-state index in [0.717, 1.165) is 5.56 Å². The zero-order chi connectivity index (χ0) is 13.0. The van der Waals surface area contributed by atoms with Gasteiger partial charge < -0.3 is 5.11 Å². The second kappa shape index (κ2) is 6.53. The molecule has 0 saturated carbocycles. The lowest BCUT2D eigenvalue weighted by atomic mass is 10.1. The summed E-state index contributed by atoms with van der Waals surface area (Å²) in [5, 5.41) is 9.81. The Balaban J connectivity index is 2.69. The van der Waals surface area contributed by atoms with Crippen LogP contribution in [0.25, 0.3) is 0 Å². The lowest BCUT2D eigenvalue weighted by Crippen LogP contribution is -2.22. The molecular formula is C12H14Cl2O2S. The van der Waals surface area contributed by atoms with Crippen LogP contribution in [0.4, 0.5) is 0 Å². The number of hydrogen-bond acceptors (Lipinski definition) is 2. The number of carbonyl (C=O) groups is 1. The summed E-state index contributed by atoms with van der Waals surface area (Å²) in [6.45, 7) is 3.80. The molecule has 1 unspecified atom stereocenters. The Morgan fingerprint density at radius 3 is 2.53 bits per heavy atom. The summed E-state index contributed by atoms with van der Waals surface area (Å²) < 4.78 is 0. The fourth-order valence-electron chi connectivity index (χ4n) is 1.37. The van der Waals surface area contributed by atoms with Gasteiger partial charge in [-0.15, -0.1) is 11.8 Å². The summed E-state index contributed by atoms with van der Waals surface area (Å²) in [4.78, 5) is 11.0. The Morgan fingerprint density at radius 1 is 1.41 bits per heavy atom. The van der Waals surface area contributed by atoms with Crippen molar-refractivity contribution in [1.82, 2.24) is 0 Å². The molecule has 0 aliphatic heterocycles. The van der Waals surface area contributed by atoms with Crippen molar-refractivity contribution in [2.75, 3.05) is 0 Å². The molecule has 1 rings (SSSR count). The summed E-state index contributed by atoms with van der Waals surface area (Å²) in [6, 6.07) is 5.26. The topological polar surface area (TPSA) is 37.3 Å². The maximum absolute atomic E-state index is 11.0. The minimum absolute atomic E-state index is 0.0866. The van der Waals surface area contributed by atoms with Crippen molar-refractivity contribution in [2.45, 2.75) is 24.9 Å². The highest BCUT2D eigenvalue weighted by Gasteiger charge is 2.22. The van der Waals surface area contributed by atoms with Crippen molar-refractivity contribution in [3.63, 3.8) is 0 Å². The van der Waals surface area contributed by atoms with E-state index in [0.29, 0.717) is 15.8 Å². The van der Waals surface area contributed by atoms with Gasteiger partial charge in [-0.1, -0.05) is 43.1 Å². The van der Waals surface area contributed by atoms with Crippen LogP contribution in [0, 0.1) is 5.92 Å². The van der Waals surface area contributed by atoms with Gasteiger partial charge in [0.2, 0.25) is 0 Å². The van der Waals surface area contributed by atoms with Crippen molar-refractivity contribution >= 4 is 40.9 Å². The van der Waals surface area contributed by atoms with Gasteiger partial charge in [0.15, 0.2) is 0 Å². The molecule has 0 amide bonds. The van der Waals surface area contributed by atoms with E-state index in [2.05, 4.69) is 0 Å². The normalized spacial score (nSPS) is 12.8. The Hall–Kier alpha value is -0.380. The van der Waals surface area contributed by atoms with Crippen molar-refractivity contribution < 1.29 is 9.90 Å². The van der Waals surface area contributed by atoms with Gasteiger partial charge in [0.05, 0.1) is 0 Å². The van der Waals surface area contributed by atoms with Crippen LogP contribution in [0.1, 0.15) is 19.4 Å². The van der Waals surface area contributed by atoms with Gasteiger partial charge in [-0.3, -0.25) is 4.79 Å². The van der Waals surface area contributed by atoms with Gasteiger partial charge in [-0.2, -0.15) is 0 Å². The van der Waals surface area contributed by atoms with Crippen LogP contribution in [0.5, 0.6) is 0 Å². The predicted octanol–water partition coefficient (Wildman–Crippen LogP) is 4.34. The van der Waals surface area contributed by atoms with E-state index in [1.165, 1.54) is 11.8 Å². The molecule has 1 aromatic rings. The highest BCUT2D eigenvalue weighted by Crippen LogP contribution is 2.29. The van der Waals surface area contributed by atoms with Crippen molar-refractivity contribution in [3.8, 4) is 0 Å². The van der Waals surface area contributed by atoms with E-state index < -0.39 is 11.2 Å². The number of carboxylic acids is 1. The maximum Gasteiger partial charge on any atom is 0.316 e. The molecule has 0 heterocycles. The van der Waals surface area contributed by atoms with E-state index in [1.54, 1.807) is 12.1 Å². The molecule has 1 atom stereocenters. The number of carboxylic acid groups (broad SMARTS) is 1. The molecule has 94 valence electrons. The van der Waals surface area contributed by atoms with Crippen LogP contribution in [0.2, 0.25) is 10.0 Å². The fraction of sp³-hybridized carbons (Fsp3) is 0.417. The average Bonchev–Trinajstić information content (AvgIpc) is 2.20. The Labute approximate surface area is 115 Å². The Morgan fingerprint density at radius 2 is 2.06 bits per heavy atom. The van der Waals surface area contributed by atoms with E-state index >= 15 is 0 Å². The van der Waals surface area contributed by atoms with Gasteiger partial charge >= 0.3 is 5.97 Å². The Bertz CT molecular complexity index is 407. The second-order valence-corrected chi connectivity index (χ2v) is 6.02. The first-order valence-electron chi connectivity index (χ1n) is 5.20. The van der Waals surface area contributed by atoms with Crippen LogP contribution < -0.4 is 0 Å². The quantitative estimate of drug-likeness (QED) is 0.877. The third kappa shape index (κ3) is 4.41. The number of aliphatic carboxylic acids is 1. The van der Waals surface area contributed by atoms with Crippen LogP contribution in [0.15, 0.2) is 18.2 Å². The van der Waals surface area contributed by atoms with Gasteiger partial charge in [0, 0.05) is 15.8 Å². The van der Waals surface area contributed by atoms with Crippen LogP contribution in [-0.4, -0.2) is 16.3 Å². The lowest BCUT2D eigenvalue weighted by Gasteiger charge is -2.16. The number of rotatable bonds is 5. The van der Waals surface area contributed by atoms with Gasteiger partial charge in [-0.05, 0) is 23.6 Å². The maximum atomic E-state index is 11.0. The van der Waals surface area contributed by atoms with E-state index in [9.17, 15) is 4.79 Å². The van der Waals surface area contributed by atoms with Gasteiger partial charge in [0.1, 0.15) is 5.25 Å². The molecule has 0 radical (unpaired) electrons. The zero-order valence-corrected chi connectivity index (χ0v) is 11.9. The standard InChI is InChI=1S/C12H14Cl2O2S/c1-7(2)11(12(15)16)17-6-8-3-4-9(13)5-10(8)14/h3-5,7,11H,6H2,1-2H3,(H,15,16). The summed E-state index contributed by atoms with van der Waals surface area (Å²) in [7, 11) is 0. The molecule has 5 heteroatoms. The van der Waals surface area contributed by atoms with Crippen LogP contribution in [0.3, 0.4) is 0 Å². The van der Waals surface area contributed by atoms with E-state index in [-0.39, 0.29) is 5.92 Å². The van der Waals surface area contributed by atoms with Crippen LogP contribution >= 0.6 is 35.0 Å². The molecule has 17 heavy (non-hydrogen) atoms. The molecule has 2 nitrogen and oxygen atoms in total. The summed E-state index contributed by atoms with van der Waals surface area (Å²) in [5.41, 5.74) is 0.910. The smallest absolute Gasteiger partial charge is 0.316 e. The molecule has 1 aromatic carbocycles. The number of benzene rings is 1. The minimum atomic E-state index is -0.782. The molecule has 0 spiro atoms. The van der Waals surface area contributed by atoms with Crippen molar-refractivity contribution in [1.29, 1.82) is 0 Å². The SMILES string of the molecule is CC(C)C(SCc1ccc(Cl)cc1Cl)C(=O)O. The van der Waals surface area contributed by atoms with Crippen molar-refractivity contribution in [3.05, 3.63) is 33.8 Å². The second-order valence-electron chi connectivity index (χ2n) is 4.05. The van der Waals surface area contributed by atoms with E-state index in [4.69, 9.17) is 28.3 Å². The molecule has 0 saturated heterocycles. The average molecular weight is 293 g/mol. The Kier molecular flexibility index (Phi) is 5.63. The first-order chi connectivity index (χ1) is 7.91. The number of thioether (sulfide) groups is 1. The highest BCUT2D eigenvalue weighted by atomic mass is 35.5. The molecule has 0 aliphatic carbocycles. The summed E-state index contributed by atoms with van der Waals surface area (Å²) >= 11 is 13.2. The van der Waals surface area contributed by atoms with Crippen LogP contribution in [-0.2, 0) is 10.5 Å². The molecule has 0 aromatic heterocycles. The molecule has 0 bridgehead atoms. The minimum Gasteiger partial charge on any atom is -0.480 e. The number of hydrogen-bond donors (Lipinski definition) is 1. The first-order valence-corrected chi connectivity index (χ1v) is 7.00. The zero-order valence-electron chi connectivity index (χ0n) is 9.61. The largest absolute Gasteiger partial charge is 0.480 e. The predicted molar refractivity (Wildman–Crippen MR) is 74.0 cm³/mol. The summed E-state index contributed by atoms with van der Waals surface area (Å²) in [6.07, 6.45) is 0. The molecular weight excluding hydrogens is 279 g/mol. The molecule has 0 aliphatic rings. The first kappa shape index (κ1) is 14.7. The van der Waals surface area contributed by atoms with E-state index in [1.807, 2.05) is 19.9 Å². The lowest BCUT2D eigenvalue weighted by molar-refractivity contribution is -0.137. The third-order valence-corrected chi connectivity index (χ3v) is 4.45. The third-order valence-electron chi connectivity index (χ3n) is 2.28. The molecule has 0 fully saturated rings. The monoisotopic (exact) mass is 292 g/mol. The number of halogens is 2.